The summed E-state index contributed by atoms with van der Waals surface area (Å²) in [4.78, 5) is 1.13. The average Bonchev–Trinajstić information content (AvgIpc) is 2.60. The number of halogens is 1. The summed E-state index contributed by atoms with van der Waals surface area (Å²) < 4.78 is 2.86. The van der Waals surface area contributed by atoms with Crippen molar-refractivity contribution in [2.75, 3.05) is 5.73 Å². The second-order valence-corrected chi connectivity index (χ2v) is 4.53. The summed E-state index contributed by atoms with van der Waals surface area (Å²) in [5.74, 6) is 0. The van der Waals surface area contributed by atoms with Gasteiger partial charge in [0.05, 0.1) is 16.8 Å². The van der Waals surface area contributed by atoms with Crippen molar-refractivity contribution in [1.29, 1.82) is 0 Å². The largest absolute Gasteiger partial charge is 0.396 e. The number of anilines is 1. The Morgan fingerprint density at radius 3 is 2.85 bits per heavy atom. The van der Waals surface area contributed by atoms with Gasteiger partial charge in [0, 0.05) is 16.9 Å². The highest BCUT2D eigenvalue weighted by atomic mass is 79.9. The zero-order valence-electron chi connectivity index (χ0n) is 6.99. The molecule has 2 aromatic heterocycles. The van der Waals surface area contributed by atoms with Crippen molar-refractivity contribution in [3.05, 3.63) is 22.1 Å². The molecule has 0 spiro atoms. The number of hydrogen-bond acceptors (Lipinski definition) is 3. The van der Waals surface area contributed by atoms with E-state index in [4.69, 9.17) is 5.73 Å². The Morgan fingerprint density at radius 1 is 1.62 bits per heavy atom. The number of nitrogens with two attached hydrogens (primary N) is 1. The van der Waals surface area contributed by atoms with Crippen LogP contribution in [0.15, 0.2) is 22.1 Å². The molecule has 68 valence electrons. The van der Waals surface area contributed by atoms with Crippen LogP contribution in [0.1, 0.15) is 0 Å². The second kappa shape index (κ2) is 3.16. The fourth-order valence-corrected chi connectivity index (χ4v) is 2.72. The molecule has 0 saturated heterocycles. The van der Waals surface area contributed by atoms with E-state index in [0.29, 0.717) is 0 Å². The Kier molecular flexibility index (Phi) is 2.13. The van der Waals surface area contributed by atoms with E-state index in [2.05, 4.69) is 21.0 Å². The second-order valence-electron chi connectivity index (χ2n) is 2.70. The van der Waals surface area contributed by atoms with Crippen molar-refractivity contribution < 1.29 is 0 Å². The van der Waals surface area contributed by atoms with Crippen LogP contribution < -0.4 is 5.73 Å². The van der Waals surface area contributed by atoms with Crippen LogP contribution in [0.4, 0.5) is 5.69 Å². The summed E-state index contributed by atoms with van der Waals surface area (Å²) >= 11 is 5.05. The highest BCUT2D eigenvalue weighted by molar-refractivity contribution is 9.10. The van der Waals surface area contributed by atoms with Crippen molar-refractivity contribution in [2.24, 2.45) is 7.05 Å². The van der Waals surface area contributed by atoms with Gasteiger partial charge in [-0.05, 0) is 22.0 Å². The van der Waals surface area contributed by atoms with E-state index >= 15 is 0 Å². The lowest BCUT2D eigenvalue weighted by atomic mass is 10.3. The molecule has 0 bridgehead atoms. The molecule has 0 aliphatic rings. The molecule has 0 aromatic carbocycles. The van der Waals surface area contributed by atoms with E-state index in [0.717, 1.165) is 20.7 Å². The smallest absolute Gasteiger partial charge is 0.101 e. The summed E-state index contributed by atoms with van der Waals surface area (Å²) in [6, 6.07) is 2.04. The first-order valence-electron chi connectivity index (χ1n) is 3.70. The van der Waals surface area contributed by atoms with E-state index in [-0.39, 0.29) is 0 Å². The third-order valence-electron chi connectivity index (χ3n) is 1.77. The van der Waals surface area contributed by atoms with Gasteiger partial charge in [0.1, 0.15) is 5.69 Å². The molecule has 0 unspecified atom stereocenters. The normalized spacial score (nSPS) is 10.6. The van der Waals surface area contributed by atoms with Crippen molar-refractivity contribution in [2.45, 2.75) is 0 Å². The summed E-state index contributed by atoms with van der Waals surface area (Å²) in [5.41, 5.74) is 7.49. The van der Waals surface area contributed by atoms with Crippen LogP contribution >= 0.6 is 27.3 Å². The first-order chi connectivity index (χ1) is 6.18. The van der Waals surface area contributed by atoms with Crippen LogP contribution in [0.5, 0.6) is 0 Å². The van der Waals surface area contributed by atoms with Crippen LogP contribution in [0.2, 0.25) is 0 Å². The predicted octanol–water partition coefficient (Wildman–Crippen LogP) is 2.49. The zero-order valence-corrected chi connectivity index (χ0v) is 9.39. The summed E-state index contributed by atoms with van der Waals surface area (Å²) in [6.45, 7) is 0. The predicted molar refractivity (Wildman–Crippen MR) is 58.6 cm³/mol. The summed E-state index contributed by atoms with van der Waals surface area (Å²) in [7, 11) is 1.89. The van der Waals surface area contributed by atoms with E-state index in [9.17, 15) is 0 Å². The molecule has 0 radical (unpaired) electrons. The zero-order chi connectivity index (χ0) is 9.42. The Bertz CT molecular complexity index is 413. The monoisotopic (exact) mass is 257 g/mol. The minimum Gasteiger partial charge on any atom is -0.396 e. The molecule has 2 heterocycles. The van der Waals surface area contributed by atoms with Gasteiger partial charge >= 0.3 is 0 Å². The number of aromatic nitrogens is 2. The van der Waals surface area contributed by atoms with Gasteiger partial charge in [-0.3, -0.25) is 4.68 Å². The first-order valence-corrected chi connectivity index (χ1v) is 5.37. The summed E-state index contributed by atoms with van der Waals surface area (Å²) in [6.07, 6.45) is 1.67. The molecule has 5 heteroatoms. The van der Waals surface area contributed by atoms with Crippen LogP contribution in [-0.2, 0) is 7.05 Å². The van der Waals surface area contributed by atoms with Gasteiger partial charge in [0.15, 0.2) is 0 Å². The maximum Gasteiger partial charge on any atom is 0.101 e. The van der Waals surface area contributed by atoms with Crippen LogP contribution in [0.25, 0.3) is 10.6 Å². The average molecular weight is 258 g/mol. The van der Waals surface area contributed by atoms with E-state index < -0.39 is 0 Å². The molecule has 13 heavy (non-hydrogen) atoms. The van der Waals surface area contributed by atoms with Crippen LogP contribution in [0.3, 0.4) is 0 Å². The number of rotatable bonds is 1. The fraction of sp³-hybridized carbons (Fsp3) is 0.125. The van der Waals surface area contributed by atoms with Gasteiger partial charge in [-0.2, -0.15) is 5.10 Å². The lowest BCUT2D eigenvalue weighted by Gasteiger charge is -1.98. The van der Waals surface area contributed by atoms with Gasteiger partial charge in [0.2, 0.25) is 0 Å². The van der Waals surface area contributed by atoms with Gasteiger partial charge in [0.25, 0.3) is 0 Å². The lowest BCUT2D eigenvalue weighted by Crippen LogP contribution is -1.93. The third-order valence-corrected chi connectivity index (χ3v) is 3.47. The Morgan fingerprint density at radius 2 is 2.38 bits per heavy atom. The first kappa shape index (κ1) is 8.77. The maximum absolute atomic E-state index is 5.79. The van der Waals surface area contributed by atoms with Crippen molar-refractivity contribution in [1.82, 2.24) is 9.78 Å². The van der Waals surface area contributed by atoms with Crippen molar-refractivity contribution in [3.63, 3.8) is 0 Å². The quantitative estimate of drug-likeness (QED) is 0.854. The molecule has 2 aromatic rings. The van der Waals surface area contributed by atoms with Gasteiger partial charge in [-0.25, -0.2) is 0 Å². The number of thiophene rings is 1. The Hall–Kier alpha value is -0.810. The molecule has 0 aliphatic heterocycles. The fourth-order valence-electron chi connectivity index (χ4n) is 1.19. The topological polar surface area (TPSA) is 43.8 Å². The Labute approximate surface area is 88.3 Å². The van der Waals surface area contributed by atoms with Gasteiger partial charge < -0.3 is 5.73 Å². The van der Waals surface area contributed by atoms with Crippen molar-refractivity contribution in [3.8, 4) is 10.6 Å². The van der Waals surface area contributed by atoms with Crippen molar-refractivity contribution >= 4 is 33.0 Å². The molecule has 2 rings (SSSR count). The van der Waals surface area contributed by atoms with Crippen LogP contribution in [-0.4, -0.2) is 9.78 Å². The SMILES string of the molecule is Cn1ncc(N)c1-c1cc(Br)cs1. The van der Waals surface area contributed by atoms with Gasteiger partial charge in [-0.15, -0.1) is 11.3 Å². The highest BCUT2D eigenvalue weighted by Crippen LogP contribution is 2.32. The number of nitrogens with zero attached hydrogens (tertiary/aromatic N) is 2. The van der Waals surface area contributed by atoms with Gasteiger partial charge in [-0.1, -0.05) is 0 Å². The van der Waals surface area contributed by atoms with Crippen LogP contribution in [0, 0.1) is 0 Å². The Balaban J connectivity index is 2.57. The molecule has 0 atom stereocenters. The molecule has 2 N–H and O–H groups in total. The minimum absolute atomic E-state index is 0.719. The number of nitrogen functional groups attached to an aromatic ring is 1. The van der Waals surface area contributed by atoms with E-state index in [1.54, 1.807) is 22.2 Å². The lowest BCUT2D eigenvalue weighted by molar-refractivity contribution is 0.777. The number of aryl methyl sites for hydroxylation is 1. The molecular weight excluding hydrogens is 250 g/mol. The molecule has 0 amide bonds. The number of hydrogen-bond donors (Lipinski definition) is 1. The minimum atomic E-state index is 0.719. The molecule has 0 fully saturated rings. The standard InChI is InChI=1S/C8H8BrN3S/c1-12-8(6(10)3-11-12)7-2-5(9)4-13-7/h2-4H,10H2,1H3. The maximum atomic E-state index is 5.79. The molecule has 0 aliphatic carbocycles. The highest BCUT2D eigenvalue weighted by Gasteiger charge is 2.09. The van der Waals surface area contributed by atoms with E-state index in [1.807, 2.05) is 18.5 Å². The molecule has 0 saturated carbocycles. The third kappa shape index (κ3) is 1.49. The molecule has 3 nitrogen and oxygen atoms in total. The molecular formula is C8H8BrN3S. The van der Waals surface area contributed by atoms with E-state index in [1.165, 1.54) is 0 Å². The summed E-state index contributed by atoms with van der Waals surface area (Å²) in [5, 5.41) is 6.11.